The Morgan fingerprint density at radius 1 is 1.44 bits per heavy atom. The van der Waals surface area contributed by atoms with Gasteiger partial charge in [-0.15, -0.1) is 0 Å². The van der Waals surface area contributed by atoms with Crippen molar-refractivity contribution >= 4 is 17.7 Å². The van der Waals surface area contributed by atoms with Crippen LogP contribution in [-0.4, -0.2) is 32.0 Å². The average Bonchev–Trinajstić information content (AvgIpc) is 2.87. The molecule has 1 saturated heterocycles. The van der Waals surface area contributed by atoms with Crippen molar-refractivity contribution < 1.29 is 24.7 Å². The van der Waals surface area contributed by atoms with E-state index in [1.54, 1.807) is 37.4 Å². The van der Waals surface area contributed by atoms with E-state index in [4.69, 9.17) is 9.47 Å². The molecule has 98 valence electrons. The number of methoxy groups -OCH3 is 2. The first-order valence-corrected chi connectivity index (χ1v) is 6.60. The van der Waals surface area contributed by atoms with Gasteiger partial charge in [0.25, 0.3) is 0 Å². The molecule has 18 heavy (non-hydrogen) atoms. The minimum atomic E-state index is -1.02. The highest BCUT2D eigenvalue weighted by Crippen LogP contribution is 2.35. The molecule has 0 aliphatic carbocycles. The van der Waals surface area contributed by atoms with Crippen molar-refractivity contribution in [2.75, 3.05) is 20.0 Å². The fraction of sp³-hybridized carbons (Fsp3) is 0.417. The van der Waals surface area contributed by atoms with E-state index in [9.17, 15) is 9.90 Å². The van der Waals surface area contributed by atoms with Crippen molar-refractivity contribution in [2.24, 2.45) is 0 Å². The minimum Gasteiger partial charge on any atom is -0.544 e. The fourth-order valence-corrected chi connectivity index (χ4v) is 3.26. The van der Waals surface area contributed by atoms with Gasteiger partial charge in [-0.25, -0.2) is 0 Å². The molecule has 0 radical (unpaired) electrons. The van der Waals surface area contributed by atoms with Crippen molar-refractivity contribution in [2.45, 2.75) is 11.4 Å². The number of ether oxygens (including phenoxy) is 2. The van der Waals surface area contributed by atoms with Gasteiger partial charge in [-0.2, -0.15) is 0 Å². The summed E-state index contributed by atoms with van der Waals surface area (Å²) >= 11 is 1.58. The second-order valence-electron chi connectivity index (χ2n) is 3.98. The normalized spacial score (nSPS) is 22.8. The van der Waals surface area contributed by atoms with Crippen LogP contribution >= 0.6 is 11.8 Å². The van der Waals surface area contributed by atoms with Crippen LogP contribution in [0.1, 0.15) is 10.9 Å². The van der Waals surface area contributed by atoms with Crippen LogP contribution < -0.4 is 19.9 Å². The van der Waals surface area contributed by atoms with Crippen LogP contribution in [0.15, 0.2) is 18.2 Å². The molecule has 0 spiro atoms. The van der Waals surface area contributed by atoms with Gasteiger partial charge in [0.05, 0.1) is 25.5 Å². The van der Waals surface area contributed by atoms with Crippen molar-refractivity contribution in [3.05, 3.63) is 23.8 Å². The first-order valence-electron chi connectivity index (χ1n) is 5.55. The number of benzene rings is 1. The topological polar surface area (TPSA) is 75.2 Å². The number of hydrogen-bond acceptors (Lipinski definition) is 5. The van der Waals surface area contributed by atoms with Crippen LogP contribution in [0.2, 0.25) is 0 Å². The summed E-state index contributed by atoms with van der Waals surface area (Å²) in [6.07, 6.45) is 0. The molecule has 0 saturated carbocycles. The second kappa shape index (κ2) is 5.49. The Hall–Kier alpha value is -1.40. The third kappa shape index (κ3) is 2.54. The number of nitrogens with two attached hydrogens (primary N) is 1. The van der Waals surface area contributed by atoms with Crippen molar-refractivity contribution in [1.82, 2.24) is 0 Å². The standard InChI is InChI=1S/C12H15NO4S/c1-16-7-3-4-8(10(5-7)17-2)11-13-9(6-18-11)12(14)15/h3-5,9,11,13H,6H2,1-2H3,(H,14,15)/t9-,11+/m1/s1. The summed E-state index contributed by atoms with van der Waals surface area (Å²) < 4.78 is 10.5. The molecule has 0 aromatic heterocycles. The molecule has 2 atom stereocenters. The third-order valence-electron chi connectivity index (χ3n) is 2.91. The Morgan fingerprint density at radius 2 is 2.22 bits per heavy atom. The molecule has 2 rings (SSSR count). The second-order valence-corrected chi connectivity index (χ2v) is 5.15. The smallest absolute Gasteiger partial charge is 0.163 e. The molecular weight excluding hydrogens is 254 g/mol. The summed E-state index contributed by atoms with van der Waals surface area (Å²) in [4.78, 5) is 10.8. The molecule has 6 heteroatoms. The number of carbonyl (C=O) groups is 1. The number of aliphatic carboxylic acids is 1. The van der Waals surface area contributed by atoms with E-state index in [1.807, 2.05) is 12.1 Å². The molecule has 2 N–H and O–H groups in total. The van der Waals surface area contributed by atoms with Gasteiger partial charge in [0.1, 0.15) is 23.5 Å². The Balaban J connectivity index is 2.21. The monoisotopic (exact) mass is 269 g/mol. The van der Waals surface area contributed by atoms with E-state index in [-0.39, 0.29) is 5.37 Å². The van der Waals surface area contributed by atoms with E-state index < -0.39 is 12.0 Å². The van der Waals surface area contributed by atoms with Crippen molar-refractivity contribution in [3.8, 4) is 11.5 Å². The van der Waals surface area contributed by atoms with Crippen LogP contribution in [0.4, 0.5) is 0 Å². The van der Waals surface area contributed by atoms with Crippen LogP contribution in [0.3, 0.4) is 0 Å². The lowest BCUT2D eigenvalue weighted by atomic mass is 10.1. The maximum atomic E-state index is 10.8. The van der Waals surface area contributed by atoms with E-state index in [2.05, 4.69) is 0 Å². The zero-order chi connectivity index (χ0) is 13.1. The highest BCUT2D eigenvalue weighted by Gasteiger charge is 2.32. The average molecular weight is 269 g/mol. The summed E-state index contributed by atoms with van der Waals surface area (Å²) in [5.41, 5.74) is 0.965. The summed E-state index contributed by atoms with van der Waals surface area (Å²) in [6.45, 7) is 0. The van der Waals surface area contributed by atoms with Gasteiger partial charge < -0.3 is 24.7 Å². The molecule has 0 bridgehead atoms. The summed E-state index contributed by atoms with van der Waals surface area (Å²) in [7, 11) is 3.19. The van der Waals surface area contributed by atoms with E-state index in [0.717, 1.165) is 11.3 Å². The SMILES string of the molecule is COc1ccc([C@H]2[NH2+][C@@H](C(=O)[O-])CS2)c(OC)c1. The maximum Gasteiger partial charge on any atom is 0.163 e. The van der Waals surface area contributed by atoms with Crippen LogP contribution in [-0.2, 0) is 4.79 Å². The summed E-state index contributed by atoms with van der Waals surface area (Å²) in [5.74, 6) is 0.956. The Labute approximate surface area is 109 Å². The van der Waals surface area contributed by atoms with Gasteiger partial charge in [0.15, 0.2) is 5.37 Å². The largest absolute Gasteiger partial charge is 0.544 e. The predicted molar refractivity (Wildman–Crippen MR) is 65.5 cm³/mol. The van der Waals surface area contributed by atoms with E-state index >= 15 is 0 Å². The van der Waals surface area contributed by atoms with E-state index in [0.29, 0.717) is 11.5 Å². The van der Waals surface area contributed by atoms with Gasteiger partial charge in [0, 0.05) is 6.07 Å². The summed E-state index contributed by atoms with van der Waals surface area (Å²) in [5, 5.41) is 12.6. The number of carboxylic acid groups (broad SMARTS) is 1. The first kappa shape index (κ1) is 13.0. The predicted octanol–water partition coefficient (Wildman–Crippen LogP) is -0.869. The van der Waals surface area contributed by atoms with Gasteiger partial charge in [-0.1, -0.05) is 11.8 Å². The lowest BCUT2D eigenvalue weighted by Gasteiger charge is -2.14. The van der Waals surface area contributed by atoms with Crippen LogP contribution in [0.25, 0.3) is 0 Å². The quantitative estimate of drug-likeness (QED) is 0.769. The lowest BCUT2D eigenvalue weighted by Crippen LogP contribution is -2.90. The van der Waals surface area contributed by atoms with Gasteiger partial charge in [0.2, 0.25) is 0 Å². The first-order chi connectivity index (χ1) is 8.65. The molecule has 1 aromatic rings. The van der Waals surface area contributed by atoms with Crippen LogP contribution in [0.5, 0.6) is 11.5 Å². The number of hydrogen-bond donors (Lipinski definition) is 1. The molecule has 5 nitrogen and oxygen atoms in total. The van der Waals surface area contributed by atoms with Gasteiger partial charge in [-0.05, 0) is 12.1 Å². The highest BCUT2D eigenvalue weighted by molar-refractivity contribution is 7.99. The summed E-state index contributed by atoms with van der Waals surface area (Å²) in [6, 6.07) is 5.06. The number of thioether (sulfide) groups is 1. The third-order valence-corrected chi connectivity index (χ3v) is 4.23. The highest BCUT2D eigenvalue weighted by atomic mass is 32.2. The zero-order valence-electron chi connectivity index (χ0n) is 10.2. The maximum absolute atomic E-state index is 10.8. The molecular formula is C12H15NO4S. The van der Waals surface area contributed by atoms with Gasteiger partial charge in [-0.3, -0.25) is 0 Å². The number of carboxylic acids is 1. The Morgan fingerprint density at radius 3 is 2.78 bits per heavy atom. The Kier molecular flexibility index (Phi) is 3.98. The van der Waals surface area contributed by atoms with Gasteiger partial charge >= 0.3 is 0 Å². The molecule has 0 amide bonds. The number of rotatable bonds is 4. The van der Waals surface area contributed by atoms with E-state index in [1.165, 1.54) is 0 Å². The van der Waals surface area contributed by atoms with Crippen molar-refractivity contribution in [3.63, 3.8) is 0 Å². The minimum absolute atomic E-state index is 0.0220. The molecule has 1 aliphatic rings. The number of carbonyl (C=O) groups excluding carboxylic acids is 1. The molecule has 1 fully saturated rings. The molecule has 1 aromatic carbocycles. The van der Waals surface area contributed by atoms with Crippen LogP contribution in [0, 0.1) is 0 Å². The number of quaternary nitrogens is 1. The lowest BCUT2D eigenvalue weighted by molar-refractivity contribution is -0.690. The fourth-order valence-electron chi connectivity index (χ4n) is 1.92. The molecule has 1 aliphatic heterocycles. The molecule has 0 unspecified atom stereocenters. The zero-order valence-corrected chi connectivity index (χ0v) is 11.0. The Bertz CT molecular complexity index is 452. The molecule has 1 heterocycles. The van der Waals surface area contributed by atoms with Crippen molar-refractivity contribution in [1.29, 1.82) is 0 Å².